The van der Waals surface area contributed by atoms with E-state index < -0.39 is 0 Å². The van der Waals surface area contributed by atoms with Crippen molar-refractivity contribution in [2.24, 2.45) is 4.99 Å². The van der Waals surface area contributed by atoms with E-state index in [2.05, 4.69) is 175 Å². The van der Waals surface area contributed by atoms with Gasteiger partial charge >= 0.3 is 0 Å². The van der Waals surface area contributed by atoms with Gasteiger partial charge in [0.1, 0.15) is 17.3 Å². The van der Waals surface area contributed by atoms with Gasteiger partial charge in [0.2, 0.25) is 0 Å². The summed E-state index contributed by atoms with van der Waals surface area (Å²) in [5.74, 6) is 2.56. The highest BCUT2D eigenvalue weighted by atomic mass is 16.5. The zero-order valence-corrected chi connectivity index (χ0v) is 29.5. The molecule has 5 heteroatoms. The minimum absolute atomic E-state index is 0.0844. The first kappa shape index (κ1) is 32.2. The topological polar surface area (TPSA) is 28.1 Å². The Labute approximate surface area is 301 Å². The number of amidine groups is 1. The second-order valence-corrected chi connectivity index (χ2v) is 13.5. The molecular weight excluding hydrogens is 621 g/mol. The average molecular weight is 662 g/mol. The summed E-state index contributed by atoms with van der Waals surface area (Å²) in [4.78, 5) is 9.43. The van der Waals surface area contributed by atoms with Gasteiger partial charge in [0.25, 0.3) is 6.71 Å². The standard InChI is InChI=1S/C46H40BN3O/c1-5-6-8-29-45(48-4)50(33-19-9-7-10-20-33)42-27-17-13-23-37(42)47-38-24-14-18-28-43(38)51-44-32-34(30-31-39(44)47)49-40-25-15-11-21-35(40)46(2,3)36-22-12-16-26-41(36)49/h5-32H,1-4H3/b6-5-,29-8-,48-45-. The minimum atomic E-state index is -0.130. The molecule has 0 aromatic heterocycles. The number of nitrogens with zero attached hydrogens (tertiary/aromatic N) is 3. The number of para-hydroxylation sites is 5. The van der Waals surface area contributed by atoms with Gasteiger partial charge in [0, 0.05) is 35.6 Å². The maximum atomic E-state index is 6.81. The van der Waals surface area contributed by atoms with Crippen LogP contribution in [0, 0.1) is 0 Å². The lowest BCUT2D eigenvalue weighted by Crippen LogP contribution is -2.56. The Bertz CT molecular complexity index is 2270. The summed E-state index contributed by atoms with van der Waals surface area (Å²) in [5, 5.41) is 0. The Morgan fingerprint density at radius 2 is 1.27 bits per heavy atom. The van der Waals surface area contributed by atoms with Crippen LogP contribution in [-0.4, -0.2) is 19.6 Å². The molecular formula is C46H40BN3O. The molecule has 0 fully saturated rings. The van der Waals surface area contributed by atoms with Crippen LogP contribution in [0.3, 0.4) is 0 Å². The first-order chi connectivity index (χ1) is 25.0. The van der Waals surface area contributed by atoms with Gasteiger partial charge in [-0.1, -0.05) is 129 Å². The van der Waals surface area contributed by atoms with Crippen molar-refractivity contribution in [1.29, 1.82) is 0 Å². The van der Waals surface area contributed by atoms with Crippen LogP contribution >= 0.6 is 0 Å². The van der Waals surface area contributed by atoms with Gasteiger partial charge in [-0.25, -0.2) is 0 Å². The van der Waals surface area contributed by atoms with Crippen LogP contribution in [0.25, 0.3) is 0 Å². The van der Waals surface area contributed by atoms with Gasteiger partial charge in [-0.2, -0.15) is 0 Å². The molecule has 4 nitrogen and oxygen atoms in total. The number of hydrogen-bond donors (Lipinski definition) is 0. The third-order valence-corrected chi connectivity index (χ3v) is 10.2. The van der Waals surface area contributed by atoms with Crippen LogP contribution < -0.4 is 30.9 Å². The summed E-state index contributed by atoms with van der Waals surface area (Å²) in [5.41, 5.74) is 11.4. The molecule has 0 saturated heterocycles. The third-order valence-electron chi connectivity index (χ3n) is 10.2. The molecule has 8 rings (SSSR count). The van der Waals surface area contributed by atoms with E-state index >= 15 is 0 Å². The van der Waals surface area contributed by atoms with Gasteiger partial charge in [-0.3, -0.25) is 9.89 Å². The first-order valence-corrected chi connectivity index (χ1v) is 17.6. The highest BCUT2D eigenvalue weighted by molar-refractivity contribution is 6.97. The van der Waals surface area contributed by atoms with Gasteiger partial charge in [-0.05, 0) is 83.0 Å². The van der Waals surface area contributed by atoms with Crippen molar-refractivity contribution in [2.45, 2.75) is 26.2 Å². The summed E-state index contributed by atoms with van der Waals surface area (Å²) in [6.45, 7) is 6.58. The Morgan fingerprint density at radius 3 is 1.98 bits per heavy atom. The van der Waals surface area contributed by atoms with Crippen molar-refractivity contribution in [3.05, 3.63) is 181 Å². The number of aliphatic imine (C=N–C) groups is 1. The van der Waals surface area contributed by atoms with Crippen molar-refractivity contribution in [3.8, 4) is 11.5 Å². The molecule has 0 atom stereocenters. The van der Waals surface area contributed by atoms with E-state index in [9.17, 15) is 0 Å². The zero-order valence-electron chi connectivity index (χ0n) is 29.5. The van der Waals surface area contributed by atoms with E-state index in [1.807, 2.05) is 32.2 Å². The Kier molecular flexibility index (Phi) is 8.41. The molecule has 6 aromatic carbocycles. The lowest BCUT2D eigenvalue weighted by atomic mass is 9.35. The number of fused-ring (bicyclic) bond motifs is 4. The van der Waals surface area contributed by atoms with Crippen LogP contribution in [0.4, 0.5) is 28.4 Å². The quantitative estimate of drug-likeness (QED) is 0.0769. The van der Waals surface area contributed by atoms with Crippen molar-refractivity contribution in [2.75, 3.05) is 16.8 Å². The SMILES string of the molecule is C\C=C/C=C\C(=N\C)N(c1ccccc1)c1ccccc1B1c2ccccc2Oc2cc(N3c4ccccc4C(C)(C)c4ccccc43)ccc21. The predicted molar refractivity (Wildman–Crippen MR) is 217 cm³/mol. The molecule has 2 heterocycles. The molecule has 0 unspecified atom stereocenters. The maximum Gasteiger partial charge on any atom is 0.253 e. The molecule has 0 spiro atoms. The van der Waals surface area contributed by atoms with E-state index in [1.54, 1.807) is 0 Å². The summed E-state index contributed by atoms with van der Waals surface area (Å²) >= 11 is 0. The molecule has 0 bridgehead atoms. The second-order valence-electron chi connectivity index (χ2n) is 13.5. The van der Waals surface area contributed by atoms with E-state index in [-0.39, 0.29) is 12.1 Å². The molecule has 0 saturated carbocycles. The number of rotatable bonds is 6. The number of anilines is 5. The average Bonchev–Trinajstić information content (AvgIpc) is 3.17. The summed E-state index contributed by atoms with van der Waals surface area (Å²) in [7, 11) is 1.85. The van der Waals surface area contributed by atoms with Crippen LogP contribution in [0.5, 0.6) is 11.5 Å². The van der Waals surface area contributed by atoms with Gasteiger partial charge in [0.05, 0.1) is 11.4 Å². The molecule has 2 aliphatic heterocycles. The van der Waals surface area contributed by atoms with Crippen molar-refractivity contribution in [1.82, 2.24) is 0 Å². The Balaban J connectivity index is 1.31. The van der Waals surface area contributed by atoms with E-state index in [4.69, 9.17) is 9.73 Å². The fourth-order valence-electron chi connectivity index (χ4n) is 7.78. The van der Waals surface area contributed by atoms with Crippen LogP contribution in [0.2, 0.25) is 0 Å². The van der Waals surface area contributed by atoms with E-state index in [0.717, 1.165) is 45.3 Å². The van der Waals surface area contributed by atoms with Gasteiger partial charge < -0.3 is 9.64 Å². The van der Waals surface area contributed by atoms with Crippen LogP contribution in [0.1, 0.15) is 31.9 Å². The largest absolute Gasteiger partial charge is 0.458 e. The first-order valence-electron chi connectivity index (χ1n) is 17.6. The van der Waals surface area contributed by atoms with E-state index in [1.165, 1.54) is 28.0 Å². The van der Waals surface area contributed by atoms with E-state index in [0.29, 0.717) is 0 Å². The van der Waals surface area contributed by atoms with Gasteiger partial charge in [-0.15, -0.1) is 0 Å². The molecule has 0 N–H and O–H groups in total. The molecule has 248 valence electrons. The molecule has 51 heavy (non-hydrogen) atoms. The number of ether oxygens (including phenoxy) is 1. The van der Waals surface area contributed by atoms with Crippen molar-refractivity contribution in [3.63, 3.8) is 0 Å². The summed E-state index contributed by atoms with van der Waals surface area (Å²) in [6.07, 6.45) is 8.16. The minimum Gasteiger partial charge on any atom is -0.458 e. The lowest BCUT2D eigenvalue weighted by Gasteiger charge is -2.42. The molecule has 2 aliphatic rings. The normalized spacial score (nSPS) is 14.5. The second kappa shape index (κ2) is 13.3. The van der Waals surface area contributed by atoms with Crippen molar-refractivity contribution >= 4 is 57.4 Å². The van der Waals surface area contributed by atoms with Crippen LogP contribution in [0.15, 0.2) is 175 Å². The predicted octanol–water partition coefficient (Wildman–Crippen LogP) is 9.72. The maximum absolute atomic E-state index is 6.81. The Hall–Kier alpha value is -6.07. The molecule has 0 radical (unpaired) electrons. The van der Waals surface area contributed by atoms with Crippen LogP contribution in [-0.2, 0) is 5.41 Å². The fraction of sp³-hybridized carbons (Fsp3) is 0.109. The Morgan fingerprint density at radius 1 is 0.667 bits per heavy atom. The summed E-state index contributed by atoms with van der Waals surface area (Å²) in [6, 6.07) is 51.9. The van der Waals surface area contributed by atoms with Crippen molar-refractivity contribution < 1.29 is 4.74 Å². The fourth-order valence-corrected chi connectivity index (χ4v) is 7.78. The smallest absolute Gasteiger partial charge is 0.253 e. The highest BCUT2D eigenvalue weighted by Gasteiger charge is 2.39. The number of allylic oxidation sites excluding steroid dienone is 3. The molecule has 0 aliphatic carbocycles. The monoisotopic (exact) mass is 661 g/mol. The lowest BCUT2D eigenvalue weighted by molar-refractivity contribution is 0.487. The molecule has 6 aromatic rings. The molecule has 0 amide bonds. The van der Waals surface area contributed by atoms with Gasteiger partial charge in [0.15, 0.2) is 0 Å². The number of hydrogen-bond acceptors (Lipinski definition) is 3. The number of benzene rings is 6. The summed E-state index contributed by atoms with van der Waals surface area (Å²) < 4.78 is 6.81. The zero-order chi connectivity index (χ0) is 35.0. The highest BCUT2D eigenvalue weighted by Crippen LogP contribution is 2.52. The third kappa shape index (κ3) is 5.55.